The second kappa shape index (κ2) is 41.5. The van der Waals surface area contributed by atoms with Gasteiger partial charge in [-0.15, -0.1) is 23.5 Å². The molecule has 0 aromatic heterocycles. The van der Waals surface area contributed by atoms with E-state index >= 15 is 0 Å². The predicted octanol–water partition coefficient (Wildman–Crippen LogP) is 13.9. The van der Waals surface area contributed by atoms with E-state index in [2.05, 4.69) is 68.9 Å². The molecule has 9 nitrogen and oxygen atoms in total. The first-order valence-corrected chi connectivity index (χ1v) is 26.6. The van der Waals surface area contributed by atoms with Crippen molar-refractivity contribution in [1.29, 1.82) is 0 Å². The van der Waals surface area contributed by atoms with Crippen LogP contribution in [0.25, 0.3) is 0 Å². The molecule has 0 amide bonds. The second-order valence-electron chi connectivity index (χ2n) is 10.5. The number of carbonyl (C=O) groups excluding carboxylic acids is 3. The van der Waals surface area contributed by atoms with Gasteiger partial charge in [-0.05, 0) is 57.2 Å². The standard InChI is InChI=1S/C12H16OS.C11H13NO3S.C6H4FNO2.C5H10OS.3C2H6.I2/c1-9-6-4-5-7-12(9)14-8-10(2)11(3)13;1-8(9(2)13)7-16-11-6-4-3-5-10(11)12(14)15;7-5-3-1-2-4-6(5)8(9)10;1-4(3-7)5(2)6;4*1-2/h4-7,10H,8H2,1-3H3;3-6,8H,7H2,1-2H3;1-4H;4,7H,3H2,1-2H3;3*1-2H3;/t10-;8-;;4-;;;;/m00.0..../s1. The minimum Gasteiger partial charge on any atom is -0.300 e. The molecule has 0 spiro atoms. The van der Waals surface area contributed by atoms with Crippen molar-refractivity contribution in [3.63, 3.8) is 0 Å². The fourth-order valence-corrected chi connectivity index (χ4v) is 5.36. The van der Waals surface area contributed by atoms with Crippen molar-refractivity contribution in [2.75, 3.05) is 17.3 Å². The molecule has 3 aromatic rings. The van der Waals surface area contributed by atoms with Gasteiger partial charge in [0.15, 0.2) is 0 Å². The highest BCUT2D eigenvalue weighted by Crippen LogP contribution is 2.30. The number of Topliss-reactive ketones (excluding diaryl/α,β-unsaturated/α-hetero) is 3. The molecule has 0 bridgehead atoms. The van der Waals surface area contributed by atoms with E-state index in [1.165, 1.54) is 47.3 Å². The predicted molar refractivity (Wildman–Crippen MR) is 254 cm³/mol. The highest BCUT2D eigenvalue weighted by atomic mass is 128. The number of hydrogen-bond donors (Lipinski definition) is 1. The van der Waals surface area contributed by atoms with Crippen molar-refractivity contribution in [3.8, 4) is 0 Å². The topological polar surface area (TPSA) is 137 Å². The Morgan fingerprint density at radius 3 is 1.27 bits per heavy atom. The van der Waals surface area contributed by atoms with Crippen molar-refractivity contribution < 1.29 is 28.6 Å². The molecule has 0 unspecified atom stereocenters. The van der Waals surface area contributed by atoms with Gasteiger partial charge in [0.25, 0.3) is 5.69 Å². The van der Waals surface area contributed by atoms with E-state index in [1.807, 2.05) is 74.4 Å². The number of halogens is 3. The number of thioether (sulfide) groups is 2. The first-order valence-electron chi connectivity index (χ1n) is 17.7. The highest BCUT2D eigenvalue weighted by Gasteiger charge is 2.15. The van der Waals surface area contributed by atoms with E-state index in [1.54, 1.807) is 43.8 Å². The van der Waals surface area contributed by atoms with Gasteiger partial charge >= 0.3 is 5.69 Å². The zero-order valence-corrected chi connectivity index (χ0v) is 41.3. The summed E-state index contributed by atoms with van der Waals surface area (Å²) < 4.78 is 12.4. The van der Waals surface area contributed by atoms with Crippen molar-refractivity contribution in [2.24, 2.45) is 17.8 Å². The monoisotopic (exact) mass is 1050 g/mol. The van der Waals surface area contributed by atoms with E-state index in [4.69, 9.17) is 0 Å². The maximum atomic E-state index is 12.4. The number of rotatable bonds is 12. The smallest absolute Gasteiger partial charge is 0.300 e. The summed E-state index contributed by atoms with van der Waals surface area (Å²) >= 11 is 11.3. The Morgan fingerprint density at radius 1 is 0.636 bits per heavy atom. The molecule has 0 aliphatic rings. The molecule has 0 saturated heterocycles. The van der Waals surface area contributed by atoms with Gasteiger partial charge in [-0.2, -0.15) is 17.0 Å². The Balaban J connectivity index is -0.000000196. The molecule has 3 atom stereocenters. The number of ketones is 3. The molecular weight excluding hydrogens is 989 g/mol. The lowest BCUT2D eigenvalue weighted by Gasteiger charge is -2.08. The molecule has 0 N–H and O–H groups in total. The highest BCUT2D eigenvalue weighted by molar-refractivity contribution is 15.0. The van der Waals surface area contributed by atoms with Crippen LogP contribution in [0.3, 0.4) is 0 Å². The Hall–Kier alpha value is -2.09. The minimum atomic E-state index is -0.799. The van der Waals surface area contributed by atoms with E-state index in [0.29, 0.717) is 16.4 Å². The number of carbonyl (C=O) groups is 3. The van der Waals surface area contributed by atoms with Crippen LogP contribution >= 0.6 is 73.4 Å². The lowest BCUT2D eigenvalue weighted by molar-refractivity contribution is -0.387. The molecule has 0 aliphatic carbocycles. The van der Waals surface area contributed by atoms with Crippen LogP contribution < -0.4 is 0 Å². The molecule has 3 aromatic carbocycles. The molecule has 0 saturated carbocycles. The summed E-state index contributed by atoms with van der Waals surface area (Å²) in [7, 11) is 0. The van der Waals surface area contributed by atoms with Gasteiger partial charge in [-0.25, -0.2) is 0 Å². The van der Waals surface area contributed by atoms with Crippen molar-refractivity contribution in [2.45, 2.75) is 99.8 Å². The first kappa shape index (κ1) is 62.1. The summed E-state index contributed by atoms with van der Waals surface area (Å²) in [5, 5.41) is 20.7. The average molecular weight is 1050 g/mol. The Labute approximate surface area is 367 Å². The van der Waals surface area contributed by atoms with Crippen LogP contribution in [0.1, 0.15) is 88.6 Å². The molecule has 0 aliphatic heterocycles. The van der Waals surface area contributed by atoms with E-state index in [-0.39, 0.29) is 40.8 Å². The Kier molecular flexibility index (Phi) is 46.9. The van der Waals surface area contributed by atoms with Gasteiger partial charge in [0.2, 0.25) is 5.82 Å². The van der Waals surface area contributed by atoms with Crippen LogP contribution in [-0.2, 0) is 14.4 Å². The third-order valence-corrected chi connectivity index (χ3v) is 9.84. The number of aryl methyl sites for hydroxylation is 1. The van der Waals surface area contributed by atoms with Crippen LogP contribution in [0.4, 0.5) is 15.8 Å². The summed E-state index contributed by atoms with van der Waals surface area (Å²) in [6.07, 6.45) is 0. The fraction of sp³-hybridized carbons (Fsp3) is 0.475. The zero-order valence-electron chi connectivity index (χ0n) is 34.4. The number of para-hydroxylation sites is 2. The van der Waals surface area contributed by atoms with Crippen molar-refractivity contribution >= 4 is 102 Å². The molecule has 0 radical (unpaired) electrons. The molecular formula is C40H61FI2N2O7S3. The zero-order chi connectivity index (χ0) is 44.1. The third-order valence-electron chi connectivity index (χ3n) is 6.54. The molecule has 0 fully saturated rings. The number of nitro benzene ring substituents is 2. The van der Waals surface area contributed by atoms with Crippen LogP contribution in [0.15, 0.2) is 82.6 Å². The fourth-order valence-electron chi connectivity index (χ4n) is 2.84. The van der Waals surface area contributed by atoms with Crippen LogP contribution in [0, 0.1) is 50.7 Å². The summed E-state index contributed by atoms with van der Waals surface area (Å²) in [6.45, 7) is 24.5. The molecule has 55 heavy (non-hydrogen) atoms. The first-order chi connectivity index (χ1) is 26.0. The average Bonchev–Trinajstić information content (AvgIpc) is 3.20. The van der Waals surface area contributed by atoms with Gasteiger partial charge in [0.05, 0.1) is 14.7 Å². The number of hydrogen-bond acceptors (Lipinski definition) is 10. The normalized spacial score (nSPS) is 10.6. The maximum Gasteiger partial charge on any atom is 0.304 e. The Bertz CT molecular complexity index is 1490. The van der Waals surface area contributed by atoms with Gasteiger partial charge < -0.3 is 0 Å². The molecule has 3 rings (SSSR count). The summed E-state index contributed by atoms with van der Waals surface area (Å²) in [5.74, 6) is 2.10. The van der Waals surface area contributed by atoms with Crippen LogP contribution in [0.2, 0.25) is 0 Å². The Morgan fingerprint density at radius 2 is 0.964 bits per heavy atom. The van der Waals surface area contributed by atoms with Crippen LogP contribution in [0.5, 0.6) is 0 Å². The van der Waals surface area contributed by atoms with E-state index in [0.717, 1.165) is 17.9 Å². The van der Waals surface area contributed by atoms with Crippen molar-refractivity contribution in [1.82, 2.24) is 0 Å². The van der Waals surface area contributed by atoms with Gasteiger partial charge in [0, 0.05) is 83.5 Å². The minimum absolute atomic E-state index is 0.0789. The van der Waals surface area contributed by atoms with Crippen LogP contribution in [-0.4, -0.2) is 44.5 Å². The number of thiol groups is 1. The summed E-state index contributed by atoms with van der Waals surface area (Å²) in [5.41, 5.74) is 0.902. The maximum absolute atomic E-state index is 12.4. The SMILES string of the molecule is CC.CC.CC.CC(=O)[C@@H](C)CS.CC(=O)[C@@H](C)CSc1ccccc1C.CC(=O)[C@@H](C)CSc1ccccc1[N+](=O)[O-].II.O=[N+]([O-])c1ccccc1F. The summed E-state index contributed by atoms with van der Waals surface area (Å²) in [4.78, 5) is 53.8. The number of nitrogens with zero attached hydrogens (tertiary/aromatic N) is 2. The quantitative estimate of drug-likeness (QED) is 0.0618. The molecule has 312 valence electrons. The second-order valence-corrected chi connectivity index (χ2v) is 13.0. The van der Waals surface area contributed by atoms with Gasteiger partial charge in [-0.1, -0.05) is 105 Å². The summed E-state index contributed by atoms with van der Waals surface area (Å²) in [6, 6.07) is 19.8. The lowest BCUT2D eigenvalue weighted by Crippen LogP contribution is -2.08. The van der Waals surface area contributed by atoms with E-state index < -0.39 is 21.4 Å². The van der Waals surface area contributed by atoms with Crippen molar-refractivity contribution in [3.05, 3.63) is 104 Å². The van der Waals surface area contributed by atoms with E-state index in [9.17, 15) is 39.0 Å². The van der Waals surface area contributed by atoms with Gasteiger partial charge in [-0.3, -0.25) is 34.6 Å². The molecule has 15 heteroatoms. The lowest BCUT2D eigenvalue weighted by atomic mass is 10.1. The number of nitro groups is 2. The molecule has 0 heterocycles. The third kappa shape index (κ3) is 32.7. The van der Waals surface area contributed by atoms with Gasteiger partial charge in [0.1, 0.15) is 17.3 Å². The number of benzene rings is 3. The largest absolute Gasteiger partial charge is 0.304 e.